The maximum Gasteiger partial charge on any atom is 0.133 e. The van der Waals surface area contributed by atoms with Gasteiger partial charge in [-0.25, -0.2) is 0 Å². The van der Waals surface area contributed by atoms with Gasteiger partial charge in [-0.3, -0.25) is 4.79 Å². The van der Waals surface area contributed by atoms with Crippen molar-refractivity contribution in [3.05, 3.63) is 0 Å². The molecule has 1 aliphatic rings. The second kappa shape index (κ2) is 2.58. The van der Waals surface area contributed by atoms with Crippen LogP contribution in [0.15, 0.2) is 0 Å². The SMILES string of the molecule is CC(=O)C1CC(C)(C)CC1(C)C. The molecule has 0 aromatic carbocycles. The molecule has 1 fully saturated rings. The third-order valence-corrected chi connectivity index (χ3v) is 3.12. The number of carbonyl (C=O) groups is 1. The zero-order chi connectivity index (χ0) is 9.57. The lowest BCUT2D eigenvalue weighted by Crippen LogP contribution is -2.23. The zero-order valence-corrected chi connectivity index (χ0v) is 8.90. The summed E-state index contributed by atoms with van der Waals surface area (Å²) in [6.07, 6.45) is 2.24. The number of hydrogen-bond acceptors (Lipinski definition) is 1. The van der Waals surface area contributed by atoms with Crippen LogP contribution in [0.2, 0.25) is 0 Å². The Hall–Kier alpha value is -0.330. The summed E-state index contributed by atoms with van der Waals surface area (Å²) >= 11 is 0. The van der Waals surface area contributed by atoms with Crippen LogP contribution in [0, 0.1) is 16.7 Å². The van der Waals surface area contributed by atoms with Gasteiger partial charge in [0.25, 0.3) is 0 Å². The maximum atomic E-state index is 11.3. The largest absolute Gasteiger partial charge is 0.300 e. The van der Waals surface area contributed by atoms with Gasteiger partial charge >= 0.3 is 0 Å². The van der Waals surface area contributed by atoms with E-state index in [2.05, 4.69) is 27.7 Å². The molecular formula is C11H20O. The highest BCUT2D eigenvalue weighted by atomic mass is 16.1. The molecule has 1 heteroatoms. The van der Waals surface area contributed by atoms with Crippen molar-refractivity contribution < 1.29 is 4.79 Å². The third kappa shape index (κ3) is 1.70. The van der Waals surface area contributed by atoms with E-state index in [1.165, 1.54) is 6.42 Å². The van der Waals surface area contributed by atoms with E-state index in [4.69, 9.17) is 0 Å². The average molecular weight is 168 g/mol. The first kappa shape index (κ1) is 9.76. The minimum atomic E-state index is 0.218. The molecule has 0 amide bonds. The highest BCUT2D eigenvalue weighted by molar-refractivity contribution is 5.79. The van der Waals surface area contributed by atoms with E-state index in [1.54, 1.807) is 6.92 Å². The summed E-state index contributed by atoms with van der Waals surface area (Å²) in [5, 5.41) is 0. The summed E-state index contributed by atoms with van der Waals surface area (Å²) in [5.41, 5.74) is 0.579. The van der Waals surface area contributed by atoms with E-state index in [0.29, 0.717) is 11.2 Å². The molecule has 1 atom stereocenters. The standard InChI is InChI=1S/C11H20O/c1-8(12)9-6-10(2,3)7-11(9,4)5/h9H,6-7H2,1-5H3. The first-order chi connectivity index (χ1) is 5.25. The van der Waals surface area contributed by atoms with Crippen LogP contribution >= 0.6 is 0 Å². The van der Waals surface area contributed by atoms with Crippen LogP contribution in [-0.2, 0) is 4.79 Å². The summed E-state index contributed by atoms with van der Waals surface area (Å²) in [7, 11) is 0. The van der Waals surface area contributed by atoms with Gasteiger partial charge in [-0.05, 0) is 30.6 Å². The highest BCUT2D eigenvalue weighted by Crippen LogP contribution is 2.52. The van der Waals surface area contributed by atoms with Gasteiger partial charge in [0.1, 0.15) is 5.78 Å². The van der Waals surface area contributed by atoms with Crippen molar-refractivity contribution in [3.63, 3.8) is 0 Å². The topological polar surface area (TPSA) is 17.1 Å². The summed E-state index contributed by atoms with van der Waals surface area (Å²) in [6.45, 7) is 10.7. The second-order valence-corrected chi connectivity index (χ2v) is 5.70. The Morgan fingerprint density at radius 3 is 1.92 bits per heavy atom. The van der Waals surface area contributed by atoms with Gasteiger partial charge in [0.05, 0.1) is 0 Å². The molecule has 12 heavy (non-hydrogen) atoms. The molecule has 70 valence electrons. The zero-order valence-electron chi connectivity index (χ0n) is 8.90. The fraction of sp³-hybridized carbons (Fsp3) is 0.909. The highest BCUT2D eigenvalue weighted by Gasteiger charge is 2.46. The molecule has 0 radical (unpaired) electrons. The quantitative estimate of drug-likeness (QED) is 0.588. The Bertz CT molecular complexity index is 201. The number of hydrogen-bond donors (Lipinski definition) is 0. The summed E-state index contributed by atoms with van der Waals surface area (Å²) < 4.78 is 0. The predicted molar refractivity (Wildman–Crippen MR) is 51.0 cm³/mol. The lowest BCUT2D eigenvalue weighted by molar-refractivity contribution is -0.123. The Labute approximate surface area is 75.5 Å². The molecule has 0 bridgehead atoms. The van der Waals surface area contributed by atoms with E-state index >= 15 is 0 Å². The molecule has 1 nitrogen and oxygen atoms in total. The van der Waals surface area contributed by atoms with Crippen LogP contribution in [0.3, 0.4) is 0 Å². The summed E-state index contributed by atoms with van der Waals surface area (Å²) in [6, 6.07) is 0. The normalized spacial score (nSPS) is 31.9. The molecule has 0 aromatic rings. The Kier molecular flexibility index (Phi) is 2.10. The molecule has 0 aliphatic heterocycles. The Morgan fingerprint density at radius 2 is 1.75 bits per heavy atom. The van der Waals surface area contributed by atoms with Crippen LogP contribution in [0.1, 0.15) is 47.5 Å². The fourth-order valence-corrected chi connectivity index (χ4v) is 2.95. The number of ketones is 1. The number of Topliss-reactive ketones (excluding diaryl/α,β-unsaturated/α-hetero) is 1. The van der Waals surface area contributed by atoms with Gasteiger partial charge in [0.15, 0.2) is 0 Å². The summed E-state index contributed by atoms with van der Waals surface area (Å²) in [4.78, 5) is 11.3. The fourth-order valence-electron chi connectivity index (χ4n) is 2.95. The summed E-state index contributed by atoms with van der Waals surface area (Å²) in [5.74, 6) is 0.651. The van der Waals surface area contributed by atoms with Gasteiger partial charge in [0.2, 0.25) is 0 Å². The molecule has 1 saturated carbocycles. The van der Waals surface area contributed by atoms with Crippen LogP contribution < -0.4 is 0 Å². The van der Waals surface area contributed by atoms with E-state index < -0.39 is 0 Å². The van der Waals surface area contributed by atoms with Crippen LogP contribution in [0.5, 0.6) is 0 Å². The van der Waals surface area contributed by atoms with Crippen molar-refractivity contribution >= 4 is 5.78 Å². The first-order valence-electron chi connectivity index (χ1n) is 4.75. The molecule has 0 aromatic heterocycles. The van der Waals surface area contributed by atoms with Gasteiger partial charge in [-0.15, -0.1) is 0 Å². The lowest BCUT2D eigenvalue weighted by Gasteiger charge is -2.24. The van der Waals surface area contributed by atoms with Gasteiger partial charge in [0, 0.05) is 5.92 Å². The van der Waals surface area contributed by atoms with Crippen LogP contribution in [0.25, 0.3) is 0 Å². The number of rotatable bonds is 1. The first-order valence-corrected chi connectivity index (χ1v) is 4.75. The van der Waals surface area contributed by atoms with Crippen molar-refractivity contribution in [2.24, 2.45) is 16.7 Å². The molecule has 1 aliphatic carbocycles. The van der Waals surface area contributed by atoms with E-state index in [0.717, 1.165) is 6.42 Å². The van der Waals surface area contributed by atoms with Crippen molar-refractivity contribution in [1.29, 1.82) is 0 Å². The molecule has 0 N–H and O–H groups in total. The molecule has 0 spiro atoms. The van der Waals surface area contributed by atoms with E-state index in [1.807, 2.05) is 0 Å². The molecule has 0 heterocycles. The lowest BCUT2D eigenvalue weighted by atomic mass is 9.79. The van der Waals surface area contributed by atoms with Crippen molar-refractivity contribution in [2.75, 3.05) is 0 Å². The Balaban J connectivity index is 2.85. The predicted octanol–water partition coefficient (Wildman–Crippen LogP) is 3.04. The average Bonchev–Trinajstić information content (AvgIpc) is 1.99. The minimum absolute atomic E-state index is 0.218. The maximum absolute atomic E-state index is 11.3. The van der Waals surface area contributed by atoms with Crippen LogP contribution in [-0.4, -0.2) is 5.78 Å². The Morgan fingerprint density at radius 1 is 1.25 bits per heavy atom. The molecule has 1 rings (SSSR count). The monoisotopic (exact) mass is 168 g/mol. The molecular weight excluding hydrogens is 148 g/mol. The molecule has 0 saturated heterocycles. The third-order valence-electron chi connectivity index (χ3n) is 3.12. The van der Waals surface area contributed by atoms with Crippen molar-refractivity contribution in [2.45, 2.75) is 47.5 Å². The minimum Gasteiger partial charge on any atom is -0.300 e. The second-order valence-electron chi connectivity index (χ2n) is 5.70. The van der Waals surface area contributed by atoms with Gasteiger partial charge in [-0.2, -0.15) is 0 Å². The van der Waals surface area contributed by atoms with Crippen LogP contribution in [0.4, 0.5) is 0 Å². The van der Waals surface area contributed by atoms with Crippen molar-refractivity contribution in [3.8, 4) is 0 Å². The van der Waals surface area contributed by atoms with E-state index in [-0.39, 0.29) is 11.3 Å². The van der Waals surface area contributed by atoms with Gasteiger partial charge in [-0.1, -0.05) is 27.7 Å². The molecule has 1 unspecified atom stereocenters. The number of carbonyl (C=O) groups excluding carboxylic acids is 1. The van der Waals surface area contributed by atoms with Gasteiger partial charge < -0.3 is 0 Å². The smallest absolute Gasteiger partial charge is 0.133 e. The van der Waals surface area contributed by atoms with E-state index in [9.17, 15) is 4.79 Å². The van der Waals surface area contributed by atoms with Crippen molar-refractivity contribution in [1.82, 2.24) is 0 Å².